The van der Waals surface area contributed by atoms with Crippen LogP contribution in [0, 0.1) is 11.8 Å². The lowest BCUT2D eigenvalue weighted by atomic mass is 10.1. The van der Waals surface area contributed by atoms with Gasteiger partial charge in [-0.1, -0.05) is 30.0 Å². The zero-order valence-electron chi connectivity index (χ0n) is 13.2. The van der Waals surface area contributed by atoms with Crippen LogP contribution in [-0.2, 0) is 4.74 Å². The fourth-order valence-corrected chi connectivity index (χ4v) is 2.00. The van der Waals surface area contributed by atoms with E-state index in [2.05, 4.69) is 22.1 Å². The number of fused-ring (bicyclic) bond motifs is 1. The van der Waals surface area contributed by atoms with Gasteiger partial charge in [0.2, 0.25) is 0 Å². The molecule has 0 spiro atoms. The van der Waals surface area contributed by atoms with Crippen LogP contribution in [0.2, 0.25) is 0 Å². The average molecular weight is 314 g/mol. The Bertz CT molecular complexity index is 803. The molecule has 2 rings (SSSR count). The van der Waals surface area contributed by atoms with E-state index in [1.165, 1.54) is 0 Å². The van der Waals surface area contributed by atoms with Crippen LogP contribution in [0.15, 0.2) is 24.3 Å². The van der Waals surface area contributed by atoms with Crippen LogP contribution < -0.4 is 5.32 Å². The molecule has 1 heterocycles. The normalized spacial score (nSPS) is 10.7. The van der Waals surface area contributed by atoms with Crippen LogP contribution in [0.3, 0.4) is 0 Å². The molecule has 120 valence electrons. The molecule has 6 nitrogen and oxygen atoms in total. The lowest BCUT2D eigenvalue weighted by Crippen LogP contribution is -2.32. The molecule has 6 heteroatoms. The Kier molecular flexibility index (Phi) is 4.60. The smallest absolute Gasteiger partial charge is 0.408 e. The fraction of sp³-hybridized carbons (Fsp3) is 0.294. The number of carbonyl (C=O) groups excluding carboxylic acids is 1. The number of carbonyl (C=O) groups is 2. The van der Waals surface area contributed by atoms with Gasteiger partial charge in [-0.05, 0) is 26.8 Å². The van der Waals surface area contributed by atoms with Crippen molar-refractivity contribution in [2.75, 3.05) is 6.54 Å². The van der Waals surface area contributed by atoms with Gasteiger partial charge in [-0.25, -0.2) is 9.59 Å². The van der Waals surface area contributed by atoms with Gasteiger partial charge < -0.3 is 20.1 Å². The molecule has 0 saturated carbocycles. The Morgan fingerprint density at radius 3 is 2.65 bits per heavy atom. The third-order valence-electron chi connectivity index (χ3n) is 2.85. The van der Waals surface area contributed by atoms with Crippen molar-refractivity contribution in [2.24, 2.45) is 0 Å². The van der Waals surface area contributed by atoms with Crippen LogP contribution in [0.4, 0.5) is 4.79 Å². The van der Waals surface area contributed by atoms with Crippen LogP contribution in [0.25, 0.3) is 10.9 Å². The summed E-state index contributed by atoms with van der Waals surface area (Å²) in [5, 5.41) is 12.5. The van der Waals surface area contributed by atoms with Crippen molar-refractivity contribution in [3.8, 4) is 11.8 Å². The van der Waals surface area contributed by atoms with E-state index in [1.807, 2.05) is 12.1 Å². The summed E-state index contributed by atoms with van der Waals surface area (Å²) in [7, 11) is 0. The van der Waals surface area contributed by atoms with Gasteiger partial charge in [0.05, 0.1) is 12.1 Å². The summed E-state index contributed by atoms with van der Waals surface area (Å²) in [6.45, 7) is 5.36. The maximum atomic E-state index is 11.5. The molecule has 23 heavy (non-hydrogen) atoms. The first-order valence-electron chi connectivity index (χ1n) is 7.07. The Morgan fingerprint density at radius 2 is 2.00 bits per heavy atom. The summed E-state index contributed by atoms with van der Waals surface area (Å²) in [6, 6.07) is 7.20. The number of alkyl carbamates (subject to hydrolysis) is 1. The molecular weight excluding hydrogens is 296 g/mol. The second-order valence-electron chi connectivity index (χ2n) is 5.88. The highest BCUT2D eigenvalue weighted by Crippen LogP contribution is 2.21. The molecule has 1 aromatic heterocycles. The molecule has 0 aliphatic carbocycles. The lowest BCUT2D eigenvalue weighted by Gasteiger charge is -2.18. The molecule has 0 bridgehead atoms. The van der Waals surface area contributed by atoms with Gasteiger partial charge in [-0.15, -0.1) is 0 Å². The monoisotopic (exact) mass is 314 g/mol. The van der Waals surface area contributed by atoms with Crippen LogP contribution in [0.1, 0.15) is 36.8 Å². The van der Waals surface area contributed by atoms with E-state index < -0.39 is 17.7 Å². The van der Waals surface area contributed by atoms with Crippen LogP contribution >= 0.6 is 0 Å². The standard InChI is InChI=1S/C17H18N2O4/c1-17(2,3)23-16(22)18-10-6-8-12-11-7-4-5-9-13(11)19-14(12)15(20)21/h4-5,7,9,19H,10H2,1-3H3,(H,18,22)(H,20,21). The molecule has 1 amide bonds. The van der Waals surface area contributed by atoms with E-state index in [-0.39, 0.29) is 12.2 Å². The van der Waals surface area contributed by atoms with Gasteiger partial charge in [0, 0.05) is 10.9 Å². The topological polar surface area (TPSA) is 91.4 Å². The third kappa shape index (κ3) is 4.27. The zero-order chi connectivity index (χ0) is 17.0. The van der Waals surface area contributed by atoms with Gasteiger partial charge in [0.15, 0.2) is 0 Å². The molecule has 0 atom stereocenters. The minimum absolute atomic E-state index is 0.0379. The summed E-state index contributed by atoms with van der Waals surface area (Å²) >= 11 is 0. The first kappa shape index (κ1) is 16.4. The zero-order valence-corrected chi connectivity index (χ0v) is 13.2. The average Bonchev–Trinajstić information content (AvgIpc) is 2.81. The number of H-pyrrole nitrogens is 1. The molecule has 0 saturated heterocycles. The van der Waals surface area contributed by atoms with Crippen molar-refractivity contribution >= 4 is 23.0 Å². The molecule has 1 aromatic carbocycles. The maximum absolute atomic E-state index is 11.5. The minimum Gasteiger partial charge on any atom is -0.477 e. The van der Waals surface area contributed by atoms with Gasteiger partial charge in [-0.2, -0.15) is 0 Å². The number of benzene rings is 1. The van der Waals surface area contributed by atoms with Crippen molar-refractivity contribution in [1.82, 2.24) is 10.3 Å². The van der Waals surface area contributed by atoms with Crippen molar-refractivity contribution in [3.05, 3.63) is 35.5 Å². The predicted molar refractivity (Wildman–Crippen MR) is 86.4 cm³/mol. The highest BCUT2D eigenvalue weighted by Gasteiger charge is 2.16. The Morgan fingerprint density at radius 1 is 1.30 bits per heavy atom. The largest absolute Gasteiger partial charge is 0.477 e. The predicted octanol–water partition coefficient (Wildman–Crippen LogP) is 2.74. The number of hydrogen-bond donors (Lipinski definition) is 3. The van der Waals surface area contributed by atoms with Crippen molar-refractivity contribution < 1.29 is 19.4 Å². The number of carboxylic acid groups (broad SMARTS) is 1. The van der Waals surface area contributed by atoms with Gasteiger partial charge in [-0.3, -0.25) is 0 Å². The third-order valence-corrected chi connectivity index (χ3v) is 2.85. The SMILES string of the molecule is CC(C)(C)OC(=O)NCC#Cc1c(C(=O)O)[nH]c2ccccc12. The summed E-state index contributed by atoms with van der Waals surface area (Å²) < 4.78 is 5.09. The van der Waals surface area contributed by atoms with Crippen LogP contribution in [-0.4, -0.2) is 34.3 Å². The van der Waals surface area contributed by atoms with Crippen LogP contribution in [0.5, 0.6) is 0 Å². The number of carboxylic acids is 1. The lowest BCUT2D eigenvalue weighted by molar-refractivity contribution is 0.0534. The van der Waals surface area contributed by atoms with E-state index in [1.54, 1.807) is 32.9 Å². The molecule has 3 N–H and O–H groups in total. The Labute approximate surface area is 133 Å². The molecule has 0 radical (unpaired) electrons. The van der Waals surface area contributed by atoms with E-state index in [9.17, 15) is 14.7 Å². The highest BCUT2D eigenvalue weighted by molar-refractivity contribution is 5.99. The van der Waals surface area contributed by atoms with Crippen molar-refractivity contribution in [1.29, 1.82) is 0 Å². The molecule has 0 unspecified atom stereocenters. The van der Waals surface area contributed by atoms with E-state index in [0.717, 1.165) is 5.39 Å². The second-order valence-corrected chi connectivity index (χ2v) is 5.88. The van der Waals surface area contributed by atoms with E-state index >= 15 is 0 Å². The highest BCUT2D eigenvalue weighted by atomic mass is 16.6. The Balaban J connectivity index is 2.15. The number of ether oxygens (including phenoxy) is 1. The number of aromatic carboxylic acids is 1. The summed E-state index contributed by atoms with van der Waals surface area (Å²) in [6.07, 6.45) is -0.566. The molecule has 0 fully saturated rings. The minimum atomic E-state index is -1.08. The van der Waals surface area contributed by atoms with Gasteiger partial charge in [0.1, 0.15) is 11.3 Å². The Hall–Kier alpha value is -2.94. The molecular formula is C17H18N2O4. The first-order valence-corrected chi connectivity index (χ1v) is 7.07. The number of hydrogen-bond acceptors (Lipinski definition) is 3. The molecule has 0 aliphatic heterocycles. The molecule has 2 aromatic rings. The van der Waals surface area contributed by atoms with Crippen molar-refractivity contribution in [2.45, 2.75) is 26.4 Å². The summed E-state index contributed by atoms with van der Waals surface area (Å²) in [5.41, 5.74) is 0.564. The number of amides is 1. The quantitative estimate of drug-likeness (QED) is 0.743. The number of aromatic nitrogens is 1. The second kappa shape index (κ2) is 6.44. The van der Waals surface area contributed by atoms with Gasteiger partial charge >= 0.3 is 12.1 Å². The first-order chi connectivity index (χ1) is 10.8. The number of aromatic amines is 1. The molecule has 0 aliphatic rings. The number of para-hydroxylation sites is 1. The number of rotatable bonds is 2. The van der Waals surface area contributed by atoms with E-state index in [0.29, 0.717) is 11.1 Å². The number of nitrogens with one attached hydrogen (secondary N) is 2. The van der Waals surface area contributed by atoms with Crippen molar-refractivity contribution in [3.63, 3.8) is 0 Å². The maximum Gasteiger partial charge on any atom is 0.408 e. The summed E-state index contributed by atoms with van der Waals surface area (Å²) in [5.74, 6) is 4.47. The van der Waals surface area contributed by atoms with Gasteiger partial charge in [0.25, 0.3) is 0 Å². The van der Waals surface area contributed by atoms with E-state index in [4.69, 9.17) is 4.74 Å². The summed E-state index contributed by atoms with van der Waals surface area (Å²) in [4.78, 5) is 25.6. The fourth-order valence-electron chi connectivity index (χ4n) is 2.00.